The summed E-state index contributed by atoms with van der Waals surface area (Å²) in [5.41, 5.74) is 3.78. The maximum absolute atomic E-state index is 11.8. The molecule has 0 aliphatic rings. The van der Waals surface area contributed by atoms with Gasteiger partial charge in [0.2, 0.25) is 0 Å². The van der Waals surface area contributed by atoms with Crippen LogP contribution in [0.1, 0.15) is 10.4 Å². The van der Waals surface area contributed by atoms with Crippen LogP contribution in [0.2, 0.25) is 0 Å². The van der Waals surface area contributed by atoms with Gasteiger partial charge in [-0.3, -0.25) is 0 Å². The Hall–Kier alpha value is -3.87. The molecule has 0 saturated heterocycles. The number of ether oxygens (including phenoxy) is 2. The average Bonchev–Trinajstić information content (AvgIpc) is 3.19. The van der Waals surface area contributed by atoms with Gasteiger partial charge >= 0.3 is 5.97 Å². The first-order valence-electron chi connectivity index (χ1n) is 8.61. The molecule has 2 aromatic carbocycles. The number of fused-ring (bicyclic) bond motifs is 1. The van der Waals surface area contributed by atoms with E-state index in [4.69, 9.17) is 9.47 Å². The highest BCUT2D eigenvalue weighted by Gasteiger charge is 2.11. The van der Waals surface area contributed by atoms with Crippen molar-refractivity contribution in [3.05, 3.63) is 66.5 Å². The van der Waals surface area contributed by atoms with E-state index < -0.39 is 5.97 Å². The van der Waals surface area contributed by atoms with Gasteiger partial charge in [0, 0.05) is 16.9 Å². The van der Waals surface area contributed by atoms with Crippen molar-refractivity contribution < 1.29 is 14.3 Å². The maximum atomic E-state index is 11.8. The van der Waals surface area contributed by atoms with E-state index in [1.165, 1.54) is 13.4 Å². The largest absolute Gasteiger partial charge is 0.497 e. The van der Waals surface area contributed by atoms with Gasteiger partial charge in [-0.25, -0.2) is 14.8 Å². The van der Waals surface area contributed by atoms with E-state index in [2.05, 4.69) is 20.3 Å². The van der Waals surface area contributed by atoms with Crippen molar-refractivity contribution >= 4 is 28.5 Å². The minimum absolute atomic E-state index is 0.390. The minimum atomic E-state index is -0.390. The molecule has 2 heterocycles. The predicted molar refractivity (Wildman–Crippen MR) is 107 cm³/mol. The van der Waals surface area contributed by atoms with E-state index >= 15 is 0 Å². The number of H-pyrrole nitrogens is 1. The van der Waals surface area contributed by atoms with Crippen molar-refractivity contribution in [2.24, 2.45) is 0 Å². The number of aromatic nitrogens is 3. The van der Waals surface area contributed by atoms with Crippen molar-refractivity contribution in [1.82, 2.24) is 15.0 Å². The van der Waals surface area contributed by atoms with Gasteiger partial charge in [-0.05, 0) is 36.4 Å². The number of rotatable bonds is 5. The number of nitrogens with zero attached hydrogens (tertiary/aromatic N) is 2. The van der Waals surface area contributed by atoms with E-state index in [-0.39, 0.29) is 0 Å². The number of hydrogen-bond acceptors (Lipinski definition) is 6. The molecule has 0 aliphatic carbocycles. The van der Waals surface area contributed by atoms with Crippen LogP contribution in [0.25, 0.3) is 22.3 Å². The Bertz CT molecular complexity index is 1150. The Labute approximate surface area is 161 Å². The molecule has 0 atom stereocenters. The van der Waals surface area contributed by atoms with E-state index in [9.17, 15) is 4.79 Å². The van der Waals surface area contributed by atoms with Crippen LogP contribution in [-0.4, -0.2) is 35.1 Å². The quantitative estimate of drug-likeness (QED) is 0.510. The summed E-state index contributed by atoms with van der Waals surface area (Å²) in [7, 11) is 3.00. The smallest absolute Gasteiger partial charge is 0.337 e. The van der Waals surface area contributed by atoms with Crippen molar-refractivity contribution in [2.45, 2.75) is 0 Å². The molecule has 0 bridgehead atoms. The van der Waals surface area contributed by atoms with Gasteiger partial charge in [0.05, 0.1) is 25.2 Å². The molecule has 0 amide bonds. The zero-order chi connectivity index (χ0) is 19.5. The fraction of sp³-hybridized carbons (Fsp3) is 0.0952. The summed E-state index contributed by atoms with van der Waals surface area (Å²) < 4.78 is 10.1. The first kappa shape index (κ1) is 17.5. The van der Waals surface area contributed by atoms with E-state index in [0.29, 0.717) is 17.0 Å². The first-order valence-corrected chi connectivity index (χ1v) is 8.61. The Morgan fingerprint density at radius 3 is 2.71 bits per heavy atom. The molecule has 0 radical (unpaired) electrons. The Morgan fingerprint density at radius 2 is 1.89 bits per heavy atom. The number of anilines is 2. The van der Waals surface area contributed by atoms with Crippen LogP contribution in [0, 0.1) is 0 Å². The van der Waals surface area contributed by atoms with Crippen LogP contribution in [0.4, 0.5) is 11.5 Å². The van der Waals surface area contributed by atoms with Crippen LogP contribution in [-0.2, 0) is 4.74 Å². The van der Waals surface area contributed by atoms with Crippen LogP contribution < -0.4 is 10.1 Å². The van der Waals surface area contributed by atoms with Crippen LogP contribution >= 0.6 is 0 Å². The average molecular weight is 374 g/mol. The number of aromatic amines is 1. The Kier molecular flexibility index (Phi) is 4.63. The van der Waals surface area contributed by atoms with Gasteiger partial charge < -0.3 is 19.8 Å². The van der Waals surface area contributed by atoms with Gasteiger partial charge in [-0.15, -0.1) is 0 Å². The summed E-state index contributed by atoms with van der Waals surface area (Å²) in [5.74, 6) is 1.02. The Morgan fingerprint density at radius 1 is 1.04 bits per heavy atom. The third-order valence-electron chi connectivity index (χ3n) is 4.35. The zero-order valence-corrected chi connectivity index (χ0v) is 15.4. The summed E-state index contributed by atoms with van der Waals surface area (Å²) in [5, 5.41) is 4.09. The summed E-state index contributed by atoms with van der Waals surface area (Å²) in [6.07, 6.45) is 1.49. The molecule has 0 fully saturated rings. The second-order valence-corrected chi connectivity index (χ2v) is 6.10. The molecule has 7 nitrogen and oxygen atoms in total. The topological polar surface area (TPSA) is 89.1 Å². The summed E-state index contributed by atoms with van der Waals surface area (Å²) in [6, 6.07) is 16.8. The van der Waals surface area contributed by atoms with Gasteiger partial charge in [0.25, 0.3) is 0 Å². The van der Waals surface area contributed by atoms with E-state index in [0.717, 1.165) is 28.1 Å². The number of methoxy groups -OCH3 is 2. The van der Waals surface area contributed by atoms with Crippen LogP contribution in [0.15, 0.2) is 60.9 Å². The fourth-order valence-corrected chi connectivity index (χ4v) is 2.96. The molecule has 2 N–H and O–H groups in total. The second-order valence-electron chi connectivity index (χ2n) is 6.10. The number of carbonyl (C=O) groups is 1. The lowest BCUT2D eigenvalue weighted by Gasteiger charge is -2.07. The zero-order valence-electron chi connectivity index (χ0n) is 15.4. The summed E-state index contributed by atoms with van der Waals surface area (Å²) in [4.78, 5) is 23.7. The molecular formula is C21H18N4O3. The molecule has 0 saturated carbocycles. The summed E-state index contributed by atoms with van der Waals surface area (Å²) >= 11 is 0. The van der Waals surface area contributed by atoms with Gasteiger partial charge in [0.15, 0.2) is 0 Å². The highest BCUT2D eigenvalue weighted by molar-refractivity contribution is 5.94. The Balaban J connectivity index is 1.71. The lowest BCUT2D eigenvalue weighted by molar-refractivity contribution is 0.0601. The van der Waals surface area contributed by atoms with Crippen LogP contribution in [0.5, 0.6) is 5.75 Å². The third kappa shape index (κ3) is 3.37. The monoisotopic (exact) mass is 374 g/mol. The molecule has 4 aromatic rings. The molecule has 7 heteroatoms. The molecule has 0 aliphatic heterocycles. The maximum Gasteiger partial charge on any atom is 0.337 e. The SMILES string of the molecule is COC(=O)c1cccc(Nc2ncnc3[nH]c(-c4cccc(OC)c4)cc23)c1. The standard InChI is InChI=1S/C21H18N4O3/c1-27-16-8-4-5-13(10-16)18-11-17-19(22-12-23-20(17)25-18)24-15-7-3-6-14(9-15)21(26)28-2/h3-12H,1-2H3,(H2,22,23,24,25). The highest BCUT2D eigenvalue weighted by Crippen LogP contribution is 2.30. The first-order chi connectivity index (χ1) is 13.7. The molecule has 4 rings (SSSR count). The van der Waals surface area contributed by atoms with Gasteiger partial charge in [-0.2, -0.15) is 0 Å². The lowest BCUT2D eigenvalue weighted by Crippen LogP contribution is -2.02. The molecular weight excluding hydrogens is 356 g/mol. The third-order valence-corrected chi connectivity index (χ3v) is 4.35. The van der Waals surface area contributed by atoms with Gasteiger partial charge in [-0.1, -0.05) is 18.2 Å². The number of hydrogen-bond donors (Lipinski definition) is 2. The highest BCUT2D eigenvalue weighted by atomic mass is 16.5. The van der Waals surface area contributed by atoms with Crippen molar-refractivity contribution in [3.8, 4) is 17.0 Å². The minimum Gasteiger partial charge on any atom is -0.497 e. The number of carbonyl (C=O) groups excluding carboxylic acids is 1. The molecule has 140 valence electrons. The number of esters is 1. The normalized spacial score (nSPS) is 10.6. The molecule has 0 unspecified atom stereocenters. The van der Waals surface area contributed by atoms with Gasteiger partial charge in [0.1, 0.15) is 23.5 Å². The van der Waals surface area contributed by atoms with E-state index in [1.54, 1.807) is 25.3 Å². The second kappa shape index (κ2) is 7.40. The molecule has 2 aromatic heterocycles. The van der Waals surface area contributed by atoms with E-state index in [1.807, 2.05) is 36.4 Å². The summed E-state index contributed by atoms with van der Waals surface area (Å²) in [6.45, 7) is 0. The number of nitrogens with one attached hydrogen (secondary N) is 2. The number of benzene rings is 2. The molecule has 28 heavy (non-hydrogen) atoms. The predicted octanol–water partition coefficient (Wildman–Crippen LogP) is 4.16. The van der Waals surface area contributed by atoms with Crippen LogP contribution in [0.3, 0.4) is 0 Å². The molecule has 0 spiro atoms. The fourth-order valence-electron chi connectivity index (χ4n) is 2.96. The lowest BCUT2D eigenvalue weighted by atomic mass is 10.1. The van der Waals surface area contributed by atoms with Crippen molar-refractivity contribution in [1.29, 1.82) is 0 Å². The van der Waals surface area contributed by atoms with Crippen molar-refractivity contribution in [2.75, 3.05) is 19.5 Å². The van der Waals surface area contributed by atoms with Crippen molar-refractivity contribution in [3.63, 3.8) is 0 Å².